The van der Waals surface area contributed by atoms with Crippen LogP contribution in [0.4, 0.5) is 0 Å². The standard InChI is InChI=1S/C42H72NO10P/c1-8-22-37-32(3)34(5)39(52-37)24-18-14-10-12-16-20-26-41(44)48-30-36(31-50-54(46,47)49-29-28-43-7)51-42(45)27-21-17-13-11-15-19-25-40-35(6)33(4)38(53-40)23-9-2/h36,43H,8-31H2,1-7H3,(H,46,47)/t36-/m1/s1. The molecule has 2 N–H and O–H groups in total. The number of furan rings is 2. The number of likely N-dealkylation sites (N-methyl/N-ethyl adjacent to an activating group) is 1. The Labute approximate surface area is 325 Å². The van der Waals surface area contributed by atoms with Gasteiger partial charge in [-0.15, -0.1) is 0 Å². The van der Waals surface area contributed by atoms with Gasteiger partial charge >= 0.3 is 19.8 Å². The molecule has 0 spiro atoms. The Morgan fingerprint density at radius 2 is 1.06 bits per heavy atom. The molecular weight excluding hydrogens is 709 g/mol. The van der Waals surface area contributed by atoms with Crippen molar-refractivity contribution in [3.63, 3.8) is 0 Å². The molecule has 1 unspecified atom stereocenters. The summed E-state index contributed by atoms with van der Waals surface area (Å²) in [5, 5.41) is 2.82. The van der Waals surface area contributed by atoms with Crippen LogP contribution in [0.2, 0.25) is 0 Å². The van der Waals surface area contributed by atoms with Crippen molar-refractivity contribution in [1.29, 1.82) is 0 Å². The van der Waals surface area contributed by atoms with Crippen LogP contribution in [-0.4, -0.2) is 56.3 Å². The third-order valence-electron chi connectivity index (χ3n) is 10.1. The monoisotopic (exact) mass is 781 g/mol. The Bertz CT molecular complexity index is 1400. The van der Waals surface area contributed by atoms with Crippen LogP contribution >= 0.6 is 7.82 Å². The summed E-state index contributed by atoms with van der Waals surface area (Å²) in [5.41, 5.74) is 5.14. The number of ether oxygens (including phenoxy) is 2. The Kier molecular flexibility index (Phi) is 24.1. The topological polar surface area (TPSA) is 147 Å². The van der Waals surface area contributed by atoms with E-state index in [1.165, 1.54) is 22.3 Å². The van der Waals surface area contributed by atoms with Gasteiger partial charge in [0.1, 0.15) is 29.6 Å². The van der Waals surface area contributed by atoms with E-state index >= 15 is 0 Å². The van der Waals surface area contributed by atoms with Crippen LogP contribution in [0.1, 0.15) is 162 Å². The first-order chi connectivity index (χ1) is 25.9. The lowest BCUT2D eigenvalue weighted by Crippen LogP contribution is -2.29. The number of esters is 2. The van der Waals surface area contributed by atoms with Crippen LogP contribution < -0.4 is 5.32 Å². The fourth-order valence-electron chi connectivity index (χ4n) is 6.47. The third kappa shape index (κ3) is 18.9. The average molecular weight is 782 g/mol. The van der Waals surface area contributed by atoms with E-state index in [1.54, 1.807) is 7.05 Å². The van der Waals surface area contributed by atoms with Crippen molar-refractivity contribution in [1.82, 2.24) is 5.32 Å². The van der Waals surface area contributed by atoms with Crippen molar-refractivity contribution in [2.24, 2.45) is 0 Å². The summed E-state index contributed by atoms with van der Waals surface area (Å²) in [5.74, 6) is 3.60. The Hall–Kier alpha value is -2.43. The molecule has 310 valence electrons. The molecule has 0 aliphatic heterocycles. The number of carbonyl (C=O) groups is 2. The van der Waals surface area contributed by atoms with Crippen molar-refractivity contribution in [2.45, 2.75) is 176 Å². The van der Waals surface area contributed by atoms with Crippen molar-refractivity contribution >= 4 is 19.8 Å². The highest BCUT2D eigenvalue weighted by atomic mass is 31.2. The van der Waals surface area contributed by atoms with E-state index in [-0.39, 0.29) is 26.1 Å². The van der Waals surface area contributed by atoms with E-state index in [2.05, 4.69) is 46.9 Å². The first-order valence-corrected chi connectivity index (χ1v) is 22.2. The van der Waals surface area contributed by atoms with E-state index in [0.717, 1.165) is 126 Å². The number of nitrogens with one attached hydrogen (secondary N) is 1. The van der Waals surface area contributed by atoms with Gasteiger partial charge in [0.25, 0.3) is 0 Å². The predicted molar refractivity (Wildman–Crippen MR) is 213 cm³/mol. The number of carbonyl (C=O) groups excluding carboxylic acids is 2. The molecule has 2 atom stereocenters. The number of rotatable bonds is 32. The van der Waals surface area contributed by atoms with Gasteiger partial charge in [-0.25, -0.2) is 4.57 Å². The normalized spacial score (nSPS) is 13.3. The highest BCUT2D eigenvalue weighted by Gasteiger charge is 2.26. The molecule has 0 fully saturated rings. The summed E-state index contributed by atoms with van der Waals surface area (Å²) in [7, 11) is -2.68. The quantitative estimate of drug-likeness (QED) is 0.0415. The number of aryl methyl sites for hydroxylation is 4. The molecule has 0 saturated heterocycles. The Balaban J connectivity index is 1.66. The first kappa shape index (κ1) is 47.7. The molecule has 11 nitrogen and oxygen atoms in total. The molecule has 0 saturated carbocycles. The van der Waals surface area contributed by atoms with Crippen LogP contribution in [0.3, 0.4) is 0 Å². The Morgan fingerprint density at radius 3 is 1.52 bits per heavy atom. The van der Waals surface area contributed by atoms with E-state index in [9.17, 15) is 19.0 Å². The van der Waals surface area contributed by atoms with Crippen molar-refractivity contribution in [3.05, 3.63) is 45.3 Å². The summed E-state index contributed by atoms with van der Waals surface area (Å²) in [4.78, 5) is 35.2. The van der Waals surface area contributed by atoms with E-state index in [1.807, 2.05) is 0 Å². The number of unbranched alkanes of at least 4 members (excludes halogenated alkanes) is 10. The molecule has 2 rings (SSSR count). The second-order valence-corrected chi connectivity index (χ2v) is 16.1. The van der Waals surface area contributed by atoms with Gasteiger partial charge in [-0.05, 0) is 95.5 Å². The van der Waals surface area contributed by atoms with E-state index in [4.69, 9.17) is 27.4 Å². The predicted octanol–water partition coefficient (Wildman–Crippen LogP) is 10.1. The van der Waals surface area contributed by atoms with Crippen LogP contribution in [0.25, 0.3) is 0 Å². The minimum atomic E-state index is -4.37. The molecule has 0 aliphatic rings. The molecule has 0 amide bonds. The second kappa shape index (κ2) is 27.2. The maximum absolute atomic E-state index is 12.7. The van der Waals surface area contributed by atoms with Crippen LogP contribution in [0.15, 0.2) is 8.83 Å². The zero-order valence-electron chi connectivity index (χ0n) is 34.6. The second-order valence-electron chi connectivity index (χ2n) is 14.6. The SMILES string of the molecule is CCCc1oc(CCCCCCCCC(=O)OC[C@H](COP(=O)(O)OCCNC)OC(=O)CCCCCCCCc2oc(CCC)c(C)c2C)c(C)c1C. The maximum atomic E-state index is 12.7. The summed E-state index contributed by atoms with van der Waals surface area (Å²) >= 11 is 0. The van der Waals surface area contributed by atoms with Gasteiger partial charge in [0.15, 0.2) is 6.10 Å². The van der Waals surface area contributed by atoms with Crippen LogP contribution in [0, 0.1) is 27.7 Å². The zero-order chi connectivity index (χ0) is 39.8. The van der Waals surface area contributed by atoms with E-state index < -0.39 is 32.5 Å². The van der Waals surface area contributed by atoms with Gasteiger partial charge in [0.05, 0.1) is 13.2 Å². The average Bonchev–Trinajstić information content (AvgIpc) is 3.56. The van der Waals surface area contributed by atoms with Gasteiger partial charge in [-0.1, -0.05) is 65.2 Å². The molecule has 54 heavy (non-hydrogen) atoms. The van der Waals surface area contributed by atoms with E-state index in [0.29, 0.717) is 19.4 Å². The fourth-order valence-corrected chi connectivity index (χ4v) is 7.22. The largest absolute Gasteiger partial charge is 0.472 e. The molecule has 0 bridgehead atoms. The van der Waals surface area contributed by atoms with Gasteiger partial charge in [-0.2, -0.15) is 0 Å². The fraction of sp³-hybridized carbons (Fsp3) is 0.762. The molecule has 0 aliphatic carbocycles. The van der Waals surface area contributed by atoms with Gasteiger partial charge in [-0.3, -0.25) is 18.6 Å². The lowest BCUT2D eigenvalue weighted by Gasteiger charge is -2.20. The maximum Gasteiger partial charge on any atom is 0.472 e. The molecule has 0 aromatic carbocycles. The minimum Gasteiger partial charge on any atom is -0.466 e. The summed E-state index contributed by atoms with van der Waals surface area (Å²) in [6.07, 6.45) is 17.2. The number of phosphoric acid groups is 1. The molecule has 2 aromatic heterocycles. The lowest BCUT2D eigenvalue weighted by atomic mass is 10.0. The molecule has 2 heterocycles. The number of phosphoric ester groups is 1. The summed E-state index contributed by atoms with van der Waals surface area (Å²) < 4.78 is 45.5. The minimum absolute atomic E-state index is 0.0327. The lowest BCUT2D eigenvalue weighted by molar-refractivity contribution is -0.161. The van der Waals surface area contributed by atoms with Gasteiger partial charge in [0.2, 0.25) is 0 Å². The van der Waals surface area contributed by atoms with Crippen molar-refractivity contribution in [2.75, 3.05) is 33.4 Å². The van der Waals surface area contributed by atoms with Gasteiger partial charge in [0, 0.05) is 45.1 Å². The highest BCUT2D eigenvalue weighted by Crippen LogP contribution is 2.43. The third-order valence-corrected chi connectivity index (χ3v) is 11.1. The highest BCUT2D eigenvalue weighted by molar-refractivity contribution is 7.47. The van der Waals surface area contributed by atoms with Crippen LogP contribution in [-0.2, 0) is 58.4 Å². The van der Waals surface area contributed by atoms with Crippen molar-refractivity contribution in [3.8, 4) is 0 Å². The molecular formula is C42H72NO10P. The van der Waals surface area contributed by atoms with Crippen LogP contribution in [0.5, 0.6) is 0 Å². The first-order valence-electron chi connectivity index (χ1n) is 20.7. The Morgan fingerprint density at radius 1 is 0.630 bits per heavy atom. The smallest absolute Gasteiger partial charge is 0.466 e. The summed E-state index contributed by atoms with van der Waals surface area (Å²) in [6.45, 7) is 12.5. The molecule has 2 aromatic rings. The number of hydrogen-bond donors (Lipinski definition) is 2. The summed E-state index contributed by atoms with van der Waals surface area (Å²) in [6, 6.07) is 0. The van der Waals surface area contributed by atoms with Gasteiger partial charge < -0.3 is 28.5 Å². The van der Waals surface area contributed by atoms with Crippen molar-refractivity contribution < 1.29 is 46.4 Å². The number of hydrogen-bond acceptors (Lipinski definition) is 10. The molecule has 12 heteroatoms. The zero-order valence-corrected chi connectivity index (χ0v) is 35.5. The molecule has 0 radical (unpaired) electrons.